The van der Waals surface area contributed by atoms with Crippen molar-refractivity contribution in [1.29, 1.82) is 0 Å². The molecule has 7 nitrogen and oxygen atoms in total. The molecular weight excluding hydrogens is 337 g/mol. The zero-order valence-corrected chi connectivity index (χ0v) is 13.8. The van der Waals surface area contributed by atoms with Crippen LogP contribution in [0.5, 0.6) is 0 Å². The van der Waals surface area contributed by atoms with Gasteiger partial charge >= 0.3 is 0 Å². The number of nitrogens with zero attached hydrogens (tertiary/aromatic N) is 1. The number of hydrogen-bond acceptors (Lipinski definition) is 5. The molecule has 0 bridgehead atoms. The van der Waals surface area contributed by atoms with Gasteiger partial charge in [0.1, 0.15) is 11.5 Å². The van der Waals surface area contributed by atoms with Crippen molar-refractivity contribution in [3.05, 3.63) is 63.5 Å². The fourth-order valence-electron chi connectivity index (χ4n) is 2.16. The van der Waals surface area contributed by atoms with Crippen molar-refractivity contribution in [2.45, 2.75) is 24.8 Å². The Labute approximate surface area is 138 Å². The molecule has 0 spiro atoms. The predicted octanol–water partition coefficient (Wildman–Crippen LogP) is 2.86. The molecule has 0 saturated heterocycles. The van der Waals surface area contributed by atoms with Crippen molar-refractivity contribution >= 4 is 21.4 Å². The molecule has 9 heteroatoms. The number of rotatable bonds is 5. The van der Waals surface area contributed by atoms with Gasteiger partial charge in [0.2, 0.25) is 10.0 Å². The fourth-order valence-corrected chi connectivity index (χ4v) is 2.69. The Morgan fingerprint density at radius 3 is 2.46 bits per heavy atom. The first-order valence-corrected chi connectivity index (χ1v) is 8.48. The maximum absolute atomic E-state index is 13.7. The van der Waals surface area contributed by atoms with Gasteiger partial charge < -0.3 is 5.32 Å². The fraction of sp³-hybridized carbons (Fsp3) is 0.200. The summed E-state index contributed by atoms with van der Waals surface area (Å²) in [6.07, 6.45) is 0. The highest BCUT2D eigenvalue weighted by atomic mass is 32.2. The second-order valence-corrected chi connectivity index (χ2v) is 6.92. The van der Waals surface area contributed by atoms with Crippen LogP contribution < -0.4 is 10.5 Å². The number of aryl methyl sites for hydroxylation is 1. The van der Waals surface area contributed by atoms with E-state index in [1.165, 1.54) is 18.2 Å². The lowest BCUT2D eigenvalue weighted by atomic mass is 10.1. The Bertz CT molecular complexity index is 900. The van der Waals surface area contributed by atoms with Gasteiger partial charge in [-0.15, -0.1) is 0 Å². The van der Waals surface area contributed by atoms with Crippen LogP contribution in [0.2, 0.25) is 0 Å². The number of nitro benzene ring substituents is 1. The van der Waals surface area contributed by atoms with E-state index in [4.69, 9.17) is 5.14 Å². The second kappa shape index (κ2) is 6.54. The van der Waals surface area contributed by atoms with Crippen LogP contribution in [-0.2, 0) is 10.0 Å². The third-order valence-corrected chi connectivity index (χ3v) is 4.47. The largest absolute Gasteiger partial charge is 0.373 e. The van der Waals surface area contributed by atoms with E-state index in [2.05, 4.69) is 5.32 Å². The minimum absolute atomic E-state index is 0.112. The number of nitrogens with one attached hydrogen (secondary N) is 1. The molecule has 0 heterocycles. The number of sulfonamides is 1. The third kappa shape index (κ3) is 3.87. The van der Waals surface area contributed by atoms with Crippen LogP contribution >= 0.6 is 0 Å². The molecule has 0 saturated carbocycles. The Morgan fingerprint density at radius 2 is 1.92 bits per heavy atom. The van der Waals surface area contributed by atoms with E-state index in [9.17, 15) is 22.9 Å². The molecular formula is C15H16FN3O4S. The average Bonchev–Trinajstić information content (AvgIpc) is 2.49. The predicted molar refractivity (Wildman–Crippen MR) is 87.6 cm³/mol. The highest BCUT2D eigenvalue weighted by Gasteiger charge is 2.20. The van der Waals surface area contributed by atoms with Gasteiger partial charge in [-0.25, -0.2) is 17.9 Å². The SMILES string of the molecule is Cc1ccc(C(C)Nc2ccc(S(N)(=O)=O)cc2[N+](=O)[O-])cc1F. The summed E-state index contributed by atoms with van der Waals surface area (Å²) in [7, 11) is -4.05. The molecule has 1 atom stereocenters. The number of halogens is 1. The first-order valence-electron chi connectivity index (χ1n) is 6.93. The van der Waals surface area contributed by atoms with Crippen LogP contribution in [0.1, 0.15) is 24.1 Å². The van der Waals surface area contributed by atoms with Gasteiger partial charge in [-0.05, 0) is 43.2 Å². The van der Waals surface area contributed by atoms with E-state index in [0.717, 1.165) is 6.07 Å². The van der Waals surface area contributed by atoms with Crippen molar-refractivity contribution in [2.24, 2.45) is 5.14 Å². The maximum atomic E-state index is 13.7. The minimum Gasteiger partial charge on any atom is -0.373 e. The van der Waals surface area contributed by atoms with Crippen LogP contribution in [0, 0.1) is 22.9 Å². The van der Waals surface area contributed by atoms with Gasteiger partial charge in [0.25, 0.3) is 5.69 Å². The van der Waals surface area contributed by atoms with Crippen molar-refractivity contribution in [3.63, 3.8) is 0 Å². The minimum atomic E-state index is -4.05. The van der Waals surface area contributed by atoms with Gasteiger partial charge in [0.05, 0.1) is 9.82 Å². The second-order valence-electron chi connectivity index (χ2n) is 5.36. The number of anilines is 1. The number of hydrogen-bond donors (Lipinski definition) is 2. The lowest BCUT2D eigenvalue weighted by Crippen LogP contribution is -2.13. The highest BCUT2D eigenvalue weighted by Crippen LogP contribution is 2.30. The summed E-state index contributed by atoms with van der Waals surface area (Å²) in [5, 5.41) is 19.1. The van der Waals surface area contributed by atoms with Gasteiger partial charge in [0.15, 0.2) is 0 Å². The molecule has 0 radical (unpaired) electrons. The molecule has 0 aliphatic heterocycles. The molecule has 1 unspecified atom stereocenters. The molecule has 24 heavy (non-hydrogen) atoms. The summed E-state index contributed by atoms with van der Waals surface area (Å²) in [5.41, 5.74) is 0.777. The number of primary sulfonamides is 1. The number of nitro groups is 1. The zero-order valence-electron chi connectivity index (χ0n) is 13.0. The molecule has 2 aromatic carbocycles. The van der Waals surface area contributed by atoms with Crippen molar-refractivity contribution < 1.29 is 17.7 Å². The molecule has 0 aliphatic rings. The standard InChI is InChI=1S/C15H16FN3O4S/c1-9-3-4-11(7-13(9)16)10(2)18-14-6-5-12(24(17,22)23)8-15(14)19(20)21/h3-8,10,18H,1-2H3,(H2,17,22,23). The quantitative estimate of drug-likeness (QED) is 0.633. The summed E-state index contributed by atoms with van der Waals surface area (Å²) in [6.45, 7) is 3.34. The van der Waals surface area contributed by atoms with Crippen molar-refractivity contribution in [3.8, 4) is 0 Å². The number of nitrogens with two attached hydrogens (primary N) is 1. The monoisotopic (exact) mass is 353 g/mol. The lowest BCUT2D eigenvalue weighted by Gasteiger charge is -2.16. The van der Waals surface area contributed by atoms with Crippen LogP contribution in [0.3, 0.4) is 0 Å². The normalized spacial score (nSPS) is 12.7. The van der Waals surface area contributed by atoms with Crippen LogP contribution in [0.15, 0.2) is 41.3 Å². The van der Waals surface area contributed by atoms with E-state index in [-0.39, 0.29) is 16.4 Å². The van der Waals surface area contributed by atoms with Gasteiger partial charge in [0, 0.05) is 12.1 Å². The van der Waals surface area contributed by atoms with Crippen LogP contribution in [0.25, 0.3) is 0 Å². The van der Waals surface area contributed by atoms with Crippen molar-refractivity contribution in [2.75, 3.05) is 5.32 Å². The number of benzene rings is 2. The average molecular weight is 353 g/mol. The molecule has 0 fully saturated rings. The molecule has 0 amide bonds. The third-order valence-electron chi connectivity index (χ3n) is 3.56. The Kier molecular flexibility index (Phi) is 4.86. The topological polar surface area (TPSA) is 115 Å². The Morgan fingerprint density at radius 1 is 1.25 bits per heavy atom. The highest BCUT2D eigenvalue weighted by molar-refractivity contribution is 7.89. The van der Waals surface area contributed by atoms with E-state index >= 15 is 0 Å². The smallest absolute Gasteiger partial charge is 0.293 e. The van der Waals surface area contributed by atoms with E-state index in [0.29, 0.717) is 11.1 Å². The van der Waals surface area contributed by atoms with Crippen molar-refractivity contribution in [1.82, 2.24) is 0 Å². The molecule has 2 aromatic rings. The molecule has 2 rings (SSSR count). The first-order chi connectivity index (χ1) is 11.1. The summed E-state index contributed by atoms with van der Waals surface area (Å²) in [5.74, 6) is -0.375. The lowest BCUT2D eigenvalue weighted by molar-refractivity contribution is -0.384. The van der Waals surface area contributed by atoms with Crippen LogP contribution in [0.4, 0.5) is 15.8 Å². The summed E-state index contributed by atoms with van der Waals surface area (Å²) in [4.78, 5) is 10.1. The van der Waals surface area contributed by atoms with Gasteiger partial charge in [-0.2, -0.15) is 0 Å². The van der Waals surface area contributed by atoms with Gasteiger partial charge in [-0.3, -0.25) is 10.1 Å². The maximum Gasteiger partial charge on any atom is 0.293 e. The molecule has 0 aromatic heterocycles. The Hall–Kier alpha value is -2.52. The Balaban J connectivity index is 2.38. The summed E-state index contributed by atoms with van der Waals surface area (Å²) < 4.78 is 36.3. The zero-order chi connectivity index (χ0) is 18.1. The van der Waals surface area contributed by atoms with E-state index in [1.54, 1.807) is 26.0 Å². The molecule has 0 aliphatic carbocycles. The molecule has 3 N–H and O–H groups in total. The van der Waals surface area contributed by atoms with Gasteiger partial charge in [-0.1, -0.05) is 12.1 Å². The van der Waals surface area contributed by atoms with E-state index < -0.39 is 26.7 Å². The summed E-state index contributed by atoms with van der Waals surface area (Å²) in [6, 6.07) is 7.56. The van der Waals surface area contributed by atoms with E-state index in [1.807, 2.05) is 0 Å². The van der Waals surface area contributed by atoms with Crippen LogP contribution in [-0.4, -0.2) is 13.3 Å². The summed E-state index contributed by atoms with van der Waals surface area (Å²) >= 11 is 0. The first kappa shape index (κ1) is 17.8. The molecule has 128 valence electrons.